The number of piperazine rings is 1. The van der Waals surface area contributed by atoms with E-state index in [0.29, 0.717) is 32.0 Å². The van der Waals surface area contributed by atoms with Crippen LogP contribution < -0.4 is 5.32 Å². The van der Waals surface area contributed by atoms with Crippen LogP contribution in [0.4, 0.5) is 10.6 Å². The molecule has 0 radical (unpaired) electrons. The summed E-state index contributed by atoms with van der Waals surface area (Å²) in [5.74, 6) is 0.435. The van der Waals surface area contributed by atoms with Crippen LogP contribution in [0.5, 0.6) is 0 Å². The fourth-order valence-corrected chi connectivity index (χ4v) is 2.72. The van der Waals surface area contributed by atoms with Gasteiger partial charge in [-0.15, -0.1) is 0 Å². The second-order valence-electron chi connectivity index (χ2n) is 6.07. The first-order valence-corrected chi connectivity index (χ1v) is 8.59. The van der Waals surface area contributed by atoms with Gasteiger partial charge in [-0.3, -0.25) is 9.69 Å². The Hall–Kier alpha value is -2.93. The highest BCUT2D eigenvalue weighted by Gasteiger charge is 2.23. The number of pyridine rings is 1. The summed E-state index contributed by atoms with van der Waals surface area (Å²) in [6.07, 6.45) is 1.32. The Labute approximate surface area is 152 Å². The molecule has 1 aromatic heterocycles. The maximum atomic E-state index is 12.1. The Kier molecular flexibility index (Phi) is 6.16. The van der Waals surface area contributed by atoms with E-state index in [0.717, 1.165) is 5.56 Å². The molecule has 0 unspecified atom stereocenters. The van der Waals surface area contributed by atoms with Crippen LogP contribution in [0.3, 0.4) is 0 Å². The van der Waals surface area contributed by atoms with Crippen molar-refractivity contribution >= 4 is 17.8 Å². The first kappa shape index (κ1) is 17.9. The third-order valence-electron chi connectivity index (χ3n) is 4.14. The molecule has 0 bridgehead atoms. The summed E-state index contributed by atoms with van der Waals surface area (Å²) in [6, 6.07) is 15.0. The number of ether oxygens (including phenoxy) is 1. The molecule has 26 heavy (non-hydrogen) atoms. The zero-order valence-corrected chi connectivity index (χ0v) is 14.5. The highest BCUT2D eigenvalue weighted by Crippen LogP contribution is 2.07. The fraction of sp³-hybridized carbons (Fsp3) is 0.316. The first-order valence-electron chi connectivity index (χ1n) is 8.59. The van der Waals surface area contributed by atoms with E-state index < -0.39 is 0 Å². The number of rotatable bonds is 5. The Morgan fingerprint density at radius 1 is 1.00 bits per heavy atom. The molecule has 7 nitrogen and oxygen atoms in total. The van der Waals surface area contributed by atoms with Gasteiger partial charge in [-0.2, -0.15) is 0 Å². The molecule has 7 heteroatoms. The maximum absolute atomic E-state index is 12.1. The summed E-state index contributed by atoms with van der Waals surface area (Å²) in [5.41, 5.74) is 0.964. The first-order chi connectivity index (χ1) is 12.7. The van der Waals surface area contributed by atoms with Crippen molar-refractivity contribution in [2.75, 3.05) is 38.0 Å². The molecule has 1 aliphatic rings. The lowest BCUT2D eigenvalue weighted by Gasteiger charge is -2.33. The number of hydrogen-bond acceptors (Lipinski definition) is 5. The smallest absolute Gasteiger partial charge is 0.410 e. The summed E-state index contributed by atoms with van der Waals surface area (Å²) in [4.78, 5) is 32.0. The van der Waals surface area contributed by atoms with E-state index in [1.54, 1.807) is 23.2 Å². The van der Waals surface area contributed by atoms with Gasteiger partial charge in [0, 0.05) is 32.4 Å². The number of hydrogen-bond donors (Lipinski definition) is 1. The normalized spacial score (nSPS) is 14.7. The van der Waals surface area contributed by atoms with Crippen LogP contribution in [0.1, 0.15) is 5.56 Å². The zero-order valence-electron chi connectivity index (χ0n) is 14.5. The number of carbonyl (C=O) groups is 2. The molecule has 1 fully saturated rings. The van der Waals surface area contributed by atoms with Crippen molar-refractivity contribution in [2.24, 2.45) is 0 Å². The largest absolute Gasteiger partial charge is 0.445 e. The van der Waals surface area contributed by atoms with Gasteiger partial charge >= 0.3 is 6.09 Å². The summed E-state index contributed by atoms with van der Waals surface area (Å²) < 4.78 is 5.34. The molecule has 2 heterocycles. The topological polar surface area (TPSA) is 74.8 Å². The molecule has 0 spiro atoms. The summed E-state index contributed by atoms with van der Waals surface area (Å²) in [7, 11) is 0. The van der Waals surface area contributed by atoms with Crippen LogP contribution >= 0.6 is 0 Å². The summed E-state index contributed by atoms with van der Waals surface area (Å²) >= 11 is 0. The lowest BCUT2D eigenvalue weighted by Crippen LogP contribution is -2.50. The second kappa shape index (κ2) is 8.96. The summed E-state index contributed by atoms with van der Waals surface area (Å²) in [5, 5.41) is 2.76. The Morgan fingerprint density at radius 3 is 2.42 bits per heavy atom. The van der Waals surface area contributed by atoms with Gasteiger partial charge in [-0.1, -0.05) is 36.4 Å². The van der Waals surface area contributed by atoms with Crippen molar-refractivity contribution in [2.45, 2.75) is 6.61 Å². The predicted molar refractivity (Wildman–Crippen MR) is 97.5 cm³/mol. The molecule has 136 valence electrons. The number of nitrogens with zero attached hydrogens (tertiary/aromatic N) is 3. The van der Waals surface area contributed by atoms with Crippen LogP contribution in [0.25, 0.3) is 0 Å². The highest BCUT2D eigenvalue weighted by molar-refractivity contribution is 5.91. The average Bonchev–Trinajstić information content (AvgIpc) is 2.68. The van der Waals surface area contributed by atoms with Gasteiger partial charge in [-0.05, 0) is 17.7 Å². The molecule has 1 saturated heterocycles. The minimum atomic E-state index is -0.313. The van der Waals surface area contributed by atoms with Gasteiger partial charge in [-0.25, -0.2) is 9.78 Å². The van der Waals surface area contributed by atoms with Gasteiger partial charge in [0.05, 0.1) is 6.54 Å². The SMILES string of the molecule is O=C(CN1CCN(C(=O)OCc2ccccc2)CC1)Nc1ccccn1. The standard InChI is InChI=1S/C19H22N4O3/c24-18(21-17-8-4-5-9-20-17)14-22-10-12-23(13-11-22)19(25)26-15-16-6-2-1-3-7-16/h1-9H,10-15H2,(H,20,21,24). The zero-order chi connectivity index (χ0) is 18.2. The van der Waals surface area contributed by atoms with Crippen LogP contribution in [-0.2, 0) is 16.1 Å². The van der Waals surface area contributed by atoms with Gasteiger partial charge in [0.1, 0.15) is 12.4 Å². The summed E-state index contributed by atoms with van der Waals surface area (Å²) in [6.45, 7) is 2.91. The minimum absolute atomic E-state index is 0.108. The quantitative estimate of drug-likeness (QED) is 0.889. The Balaban J connectivity index is 1.38. The molecule has 0 saturated carbocycles. The predicted octanol–water partition coefficient (Wildman–Crippen LogP) is 1.97. The molecule has 3 rings (SSSR count). The molecule has 1 aromatic carbocycles. The van der Waals surface area contributed by atoms with Gasteiger partial charge in [0.2, 0.25) is 5.91 Å². The lowest BCUT2D eigenvalue weighted by atomic mass is 10.2. The molecule has 0 aliphatic carbocycles. The second-order valence-corrected chi connectivity index (χ2v) is 6.07. The maximum Gasteiger partial charge on any atom is 0.410 e. The lowest BCUT2D eigenvalue weighted by molar-refractivity contribution is -0.117. The fourth-order valence-electron chi connectivity index (χ4n) is 2.72. The van der Waals surface area contributed by atoms with E-state index in [9.17, 15) is 9.59 Å². The minimum Gasteiger partial charge on any atom is -0.445 e. The molecular formula is C19H22N4O3. The third-order valence-corrected chi connectivity index (χ3v) is 4.14. The van der Waals surface area contributed by atoms with Crippen molar-refractivity contribution < 1.29 is 14.3 Å². The Morgan fingerprint density at radius 2 is 1.73 bits per heavy atom. The average molecular weight is 354 g/mol. The number of amides is 2. The van der Waals surface area contributed by atoms with Crippen molar-refractivity contribution in [3.8, 4) is 0 Å². The van der Waals surface area contributed by atoms with Crippen LogP contribution in [0, 0.1) is 0 Å². The van der Waals surface area contributed by atoms with E-state index in [1.807, 2.05) is 41.3 Å². The van der Waals surface area contributed by atoms with E-state index in [-0.39, 0.29) is 25.2 Å². The number of aromatic nitrogens is 1. The van der Waals surface area contributed by atoms with Crippen LogP contribution in [0.2, 0.25) is 0 Å². The molecule has 2 aromatic rings. The third kappa shape index (κ3) is 5.29. The van der Waals surface area contributed by atoms with E-state index in [2.05, 4.69) is 10.3 Å². The number of nitrogens with one attached hydrogen (secondary N) is 1. The number of anilines is 1. The van der Waals surface area contributed by atoms with E-state index in [1.165, 1.54) is 0 Å². The van der Waals surface area contributed by atoms with Gasteiger partial charge in [0.15, 0.2) is 0 Å². The molecule has 2 amide bonds. The molecule has 1 aliphatic heterocycles. The monoisotopic (exact) mass is 354 g/mol. The molecular weight excluding hydrogens is 332 g/mol. The number of benzene rings is 1. The van der Waals surface area contributed by atoms with Crippen molar-refractivity contribution in [3.05, 3.63) is 60.3 Å². The van der Waals surface area contributed by atoms with Crippen molar-refractivity contribution in [1.82, 2.24) is 14.8 Å². The van der Waals surface area contributed by atoms with E-state index in [4.69, 9.17) is 4.74 Å². The van der Waals surface area contributed by atoms with Crippen molar-refractivity contribution in [1.29, 1.82) is 0 Å². The van der Waals surface area contributed by atoms with E-state index >= 15 is 0 Å². The Bertz CT molecular complexity index is 716. The molecule has 1 N–H and O–H groups in total. The number of carbonyl (C=O) groups excluding carboxylic acids is 2. The van der Waals surface area contributed by atoms with Crippen LogP contribution in [-0.4, -0.2) is 59.5 Å². The molecule has 0 atom stereocenters. The highest BCUT2D eigenvalue weighted by atomic mass is 16.6. The van der Waals surface area contributed by atoms with Crippen LogP contribution in [0.15, 0.2) is 54.7 Å². The van der Waals surface area contributed by atoms with Gasteiger partial charge in [0.25, 0.3) is 0 Å². The van der Waals surface area contributed by atoms with Crippen molar-refractivity contribution in [3.63, 3.8) is 0 Å². The van der Waals surface area contributed by atoms with Gasteiger partial charge < -0.3 is 15.0 Å².